The van der Waals surface area contributed by atoms with E-state index in [0.29, 0.717) is 29.5 Å². The van der Waals surface area contributed by atoms with E-state index >= 15 is 0 Å². The second kappa shape index (κ2) is 18.2. The van der Waals surface area contributed by atoms with Crippen LogP contribution in [0.1, 0.15) is 28.7 Å². The first-order valence-electron chi connectivity index (χ1n) is 19.4. The maximum atomic E-state index is 9.80. The van der Waals surface area contributed by atoms with Gasteiger partial charge in [0.05, 0.1) is 11.6 Å². The quantitative estimate of drug-likeness (QED) is 0.0749. The summed E-state index contributed by atoms with van der Waals surface area (Å²) >= 11 is 0. The number of rotatable bonds is 11. The van der Waals surface area contributed by atoms with Crippen LogP contribution in [0.15, 0.2) is 212 Å². The molecule has 0 aliphatic carbocycles. The molecule has 4 heteroatoms. The van der Waals surface area contributed by atoms with Gasteiger partial charge in [-0.2, -0.15) is 5.26 Å². The van der Waals surface area contributed by atoms with E-state index < -0.39 is 0 Å². The average molecular weight is 755 g/mol. The lowest BCUT2D eigenvalue weighted by atomic mass is 9.87. The van der Waals surface area contributed by atoms with Gasteiger partial charge in [-0.15, -0.1) is 6.42 Å². The van der Waals surface area contributed by atoms with Crippen LogP contribution < -0.4 is 0 Å². The lowest BCUT2D eigenvalue weighted by Crippen LogP contribution is -2.00. The second-order valence-corrected chi connectivity index (χ2v) is 13.9. The Balaban J connectivity index is 1.29. The number of nitriles is 1. The fourth-order valence-electron chi connectivity index (χ4n) is 7.12. The molecule has 0 amide bonds. The van der Waals surface area contributed by atoms with Crippen molar-refractivity contribution in [2.75, 3.05) is 0 Å². The summed E-state index contributed by atoms with van der Waals surface area (Å²) in [6.07, 6.45) is 13.9. The summed E-state index contributed by atoms with van der Waals surface area (Å²) in [4.78, 5) is 15.0. The molecule has 0 unspecified atom stereocenters. The molecule has 0 spiro atoms. The van der Waals surface area contributed by atoms with Gasteiger partial charge in [0.1, 0.15) is 0 Å². The van der Waals surface area contributed by atoms with Crippen LogP contribution in [-0.4, -0.2) is 15.0 Å². The van der Waals surface area contributed by atoms with Crippen LogP contribution in [0.25, 0.3) is 67.6 Å². The fraction of sp³-hybridized carbons (Fsp3) is 0.0182. The summed E-state index contributed by atoms with van der Waals surface area (Å²) in [5.41, 5.74) is 12.9. The van der Waals surface area contributed by atoms with Crippen LogP contribution in [-0.2, 0) is 0 Å². The summed E-state index contributed by atoms with van der Waals surface area (Å²) in [7, 11) is 0. The Morgan fingerprint density at radius 2 is 0.949 bits per heavy atom. The van der Waals surface area contributed by atoms with Gasteiger partial charge in [0.2, 0.25) is 0 Å². The first-order chi connectivity index (χ1) is 29.2. The molecule has 4 nitrogen and oxygen atoms in total. The molecule has 0 fully saturated rings. The van der Waals surface area contributed by atoms with Crippen molar-refractivity contribution >= 4 is 11.1 Å². The van der Waals surface area contributed by atoms with Gasteiger partial charge in [0, 0.05) is 16.7 Å². The van der Waals surface area contributed by atoms with E-state index in [9.17, 15) is 5.26 Å². The number of hydrogen-bond donors (Lipinski definition) is 0. The molecule has 0 bridgehead atoms. The molecule has 59 heavy (non-hydrogen) atoms. The van der Waals surface area contributed by atoms with E-state index in [-0.39, 0.29) is 0 Å². The van der Waals surface area contributed by atoms with Gasteiger partial charge in [0.25, 0.3) is 0 Å². The summed E-state index contributed by atoms with van der Waals surface area (Å²) in [5, 5.41) is 9.80. The molecule has 0 radical (unpaired) electrons. The van der Waals surface area contributed by atoms with Gasteiger partial charge in [-0.3, -0.25) is 0 Å². The lowest BCUT2D eigenvalue weighted by Gasteiger charge is -2.17. The van der Waals surface area contributed by atoms with E-state index in [1.807, 2.05) is 109 Å². The second-order valence-electron chi connectivity index (χ2n) is 13.9. The van der Waals surface area contributed by atoms with Crippen molar-refractivity contribution in [3.8, 4) is 74.8 Å². The average Bonchev–Trinajstić information content (AvgIpc) is 3.32. The van der Waals surface area contributed by atoms with E-state index in [0.717, 1.165) is 61.2 Å². The zero-order valence-electron chi connectivity index (χ0n) is 32.3. The van der Waals surface area contributed by atoms with Crippen LogP contribution in [0.4, 0.5) is 0 Å². The minimum Gasteiger partial charge on any atom is -0.208 e. The Morgan fingerprint density at radius 3 is 1.53 bits per heavy atom. The number of nitrogens with zero attached hydrogens (tertiary/aromatic N) is 4. The van der Waals surface area contributed by atoms with Crippen molar-refractivity contribution in [3.05, 3.63) is 235 Å². The van der Waals surface area contributed by atoms with Crippen molar-refractivity contribution in [1.82, 2.24) is 15.0 Å². The van der Waals surface area contributed by atoms with Crippen molar-refractivity contribution in [2.45, 2.75) is 6.42 Å². The molecule has 1 aromatic heterocycles. The lowest BCUT2D eigenvalue weighted by molar-refractivity contribution is 1.07. The summed E-state index contributed by atoms with van der Waals surface area (Å²) in [6, 6.07) is 66.2. The zero-order chi connectivity index (χ0) is 40.2. The molecular formula is C55H38N4. The maximum absolute atomic E-state index is 9.80. The molecule has 0 N–H and O–H groups in total. The molecular weight excluding hydrogens is 717 g/mol. The SMILES string of the molecule is C#C/C=C\C=C/C/C(=C(/c1ccccc1)c1ccc(-c2cc(-c3cccc(C#N)c3)cc(-c3nc(-c4ccccc4)nc(-c4ccccc4)n3)c2)cc1)c1ccccc1. The molecule has 1 heterocycles. The molecule has 7 aromatic carbocycles. The van der Waals surface area contributed by atoms with E-state index in [1.165, 1.54) is 5.57 Å². The summed E-state index contributed by atoms with van der Waals surface area (Å²) < 4.78 is 0. The van der Waals surface area contributed by atoms with Crippen molar-refractivity contribution < 1.29 is 0 Å². The topological polar surface area (TPSA) is 62.5 Å². The van der Waals surface area contributed by atoms with E-state index in [4.69, 9.17) is 21.4 Å². The van der Waals surface area contributed by atoms with Crippen molar-refractivity contribution in [3.63, 3.8) is 0 Å². The number of benzene rings is 7. The van der Waals surface area contributed by atoms with Crippen molar-refractivity contribution in [2.24, 2.45) is 0 Å². The largest absolute Gasteiger partial charge is 0.208 e. The molecule has 8 rings (SSSR count). The molecule has 278 valence electrons. The van der Waals surface area contributed by atoms with Crippen LogP contribution in [0.3, 0.4) is 0 Å². The minimum absolute atomic E-state index is 0.556. The number of aromatic nitrogens is 3. The fourth-order valence-corrected chi connectivity index (χ4v) is 7.12. The Kier molecular flexibility index (Phi) is 11.6. The summed E-state index contributed by atoms with van der Waals surface area (Å²) in [6.45, 7) is 0. The first-order valence-corrected chi connectivity index (χ1v) is 19.4. The zero-order valence-corrected chi connectivity index (χ0v) is 32.3. The number of allylic oxidation sites excluding steroid dienone is 5. The van der Waals surface area contributed by atoms with Gasteiger partial charge >= 0.3 is 0 Å². The Labute approximate surface area is 345 Å². The first kappa shape index (κ1) is 37.7. The van der Waals surface area contributed by atoms with Gasteiger partial charge in [-0.25, -0.2) is 15.0 Å². The third kappa shape index (κ3) is 8.95. The molecule has 0 aliphatic rings. The standard InChI is InChI=1S/C55H38N4/c1-2-3-4-5-18-30-51(42-21-10-6-11-22-42)52(43-23-12-7-13-24-43)44-33-31-41(32-34-44)48-36-49(47-29-19-20-40(35-47)39-56)38-50(37-48)55-58-53(45-25-14-8-15-26-45)57-54(59-55)46-27-16-9-17-28-46/h1,3-29,31-38H,30H2/b4-3-,18-5-,52-51+. The Hall–Kier alpha value is -8.18. The van der Waals surface area contributed by atoms with Gasteiger partial charge in [0.15, 0.2) is 17.5 Å². The Morgan fingerprint density at radius 1 is 0.458 bits per heavy atom. The van der Waals surface area contributed by atoms with Crippen LogP contribution in [0, 0.1) is 23.7 Å². The highest BCUT2D eigenvalue weighted by atomic mass is 15.0. The highest BCUT2D eigenvalue weighted by Crippen LogP contribution is 2.38. The monoisotopic (exact) mass is 754 g/mol. The molecule has 8 aromatic rings. The molecule has 0 aliphatic heterocycles. The molecule has 0 atom stereocenters. The predicted molar refractivity (Wildman–Crippen MR) is 242 cm³/mol. The highest BCUT2D eigenvalue weighted by molar-refractivity contribution is 5.99. The van der Waals surface area contributed by atoms with E-state index in [1.54, 1.807) is 6.08 Å². The Bertz CT molecular complexity index is 2820. The minimum atomic E-state index is 0.556. The molecule has 0 saturated heterocycles. The van der Waals surface area contributed by atoms with Crippen LogP contribution in [0.2, 0.25) is 0 Å². The van der Waals surface area contributed by atoms with Gasteiger partial charge in [-0.05, 0) is 92.9 Å². The molecule has 0 saturated carbocycles. The normalized spacial score (nSPS) is 11.6. The van der Waals surface area contributed by atoms with E-state index in [2.05, 4.69) is 109 Å². The van der Waals surface area contributed by atoms with Crippen LogP contribution in [0.5, 0.6) is 0 Å². The van der Waals surface area contributed by atoms with Crippen LogP contribution >= 0.6 is 0 Å². The smallest absolute Gasteiger partial charge is 0.164 e. The number of terminal acetylenes is 1. The number of hydrogen-bond acceptors (Lipinski definition) is 4. The van der Waals surface area contributed by atoms with Gasteiger partial charge in [-0.1, -0.05) is 182 Å². The third-order valence-corrected chi connectivity index (χ3v) is 9.97. The highest BCUT2D eigenvalue weighted by Gasteiger charge is 2.17. The third-order valence-electron chi connectivity index (χ3n) is 9.97. The van der Waals surface area contributed by atoms with Crippen molar-refractivity contribution in [1.29, 1.82) is 5.26 Å². The summed E-state index contributed by atoms with van der Waals surface area (Å²) in [5.74, 6) is 4.30. The van der Waals surface area contributed by atoms with Gasteiger partial charge < -0.3 is 0 Å². The maximum Gasteiger partial charge on any atom is 0.164 e. The predicted octanol–water partition coefficient (Wildman–Crippen LogP) is 13.2.